The van der Waals surface area contributed by atoms with Crippen LogP contribution in [0.3, 0.4) is 0 Å². The quantitative estimate of drug-likeness (QED) is 0.323. The molecule has 5 aromatic rings. The molecule has 0 radical (unpaired) electrons. The zero-order valence-corrected chi connectivity index (χ0v) is 23.7. The number of carbonyl (C=O) groups excluding carboxylic acids is 1. The minimum atomic E-state index is -0.141. The highest BCUT2D eigenvalue weighted by Gasteiger charge is 2.47. The average Bonchev–Trinajstić information content (AvgIpc) is 3.41. The number of nitrogens with two attached hydrogens (primary N) is 1. The number of carbonyl (C=O) groups is 1. The number of pyridine rings is 2. The van der Waals surface area contributed by atoms with Gasteiger partial charge in [-0.05, 0) is 73.9 Å². The van der Waals surface area contributed by atoms with E-state index in [4.69, 9.17) is 20.4 Å². The Balaban J connectivity index is 1.24. The first-order chi connectivity index (χ1) is 20.4. The molecule has 3 fully saturated rings. The molecule has 1 amide bonds. The normalized spacial score (nSPS) is 21.6. The number of piperidine rings is 1. The number of hydrogen-bond acceptors (Lipinski definition) is 6. The van der Waals surface area contributed by atoms with Gasteiger partial charge in [0.15, 0.2) is 5.82 Å². The summed E-state index contributed by atoms with van der Waals surface area (Å²) in [4.78, 5) is 40.1. The maximum atomic E-state index is 13.7. The van der Waals surface area contributed by atoms with Crippen molar-refractivity contribution < 1.29 is 9.53 Å². The molecule has 0 unspecified atom stereocenters. The molecule has 2 saturated carbocycles. The van der Waals surface area contributed by atoms with E-state index < -0.39 is 0 Å². The second-order valence-electron chi connectivity index (χ2n) is 12.1. The Hall–Kier alpha value is -4.44. The molecule has 4 aromatic heterocycles. The summed E-state index contributed by atoms with van der Waals surface area (Å²) in [5.41, 5.74) is 11.9. The number of methoxy groups -OCH3 is 1. The number of imidazole rings is 1. The number of amides is 1. The second-order valence-corrected chi connectivity index (χ2v) is 12.1. The van der Waals surface area contributed by atoms with Gasteiger partial charge in [-0.1, -0.05) is 0 Å². The summed E-state index contributed by atoms with van der Waals surface area (Å²) >= 11 is 0. The van der Waals surface area contributed by atoms with E-state index in [1.165, 1.54) is 18.9 Å². The van der Waals surface area contributed by atoms with Crippen LogP contribution < -0.4 is 16.0 Å². The van der Waals surface area contributed by atoms with Crippen LogP contribution in [0.4, 0.5) is 0 Å². The largest absolute Gasteiger partial charge is 0.494 e. The van der Waals surface area contributed by atoms with E-state index in [1.807, 2.05) is 30.1 Å². The van der Waals surface area contributed by atoms with Gasteiger partial charge in [0.2, 0.25) is 5.56 Å². The summed E-state index contributed by atoms with van der Waals surface area (Å²) < 4.78 is 10.2. The Kier molecular flexibility index (Phi) is 5.59. The lowest BCUT2D eigenvalue weighted by Crippen LogP contribution is -2.41. The fraction of sp³-hybridized carbons (Fsp3) is 0.375. The molecular weight excluding hydrogens is 530 g/mol. The van der Waals surface area contributed by atoms with Crippen molar-refractivity contribution >= 4 is 28.0 Å². The summed E-state index contributed by atoms with van der Waals surface area (Å²) in [5.74, 6) is 2.39. The van der Waals surface area contributed by atoms with Crippen LogP contribution in [0, 0.1) is 11.8 Å². The van der Waals surface area contributed by atoms with Crippen molar-refractivity contribution in [3.05, 3.63) is 64.6 Å². The molecule has 3 aliphatic rings. The molecule has 10 heteroatoms. The first-order valence-electron chi connectivity index (χ1n) is 14.7. The van der Waals surface area contributed by atoms with Crippen molar-refractivity contribution in [2.24, 2.45) is 24.6 Å². The van der Waals surface area contributed by atoms with E-state index in [9.17, 15) is 9.59 Å². The highest BCUT2D eigenvalue weighted by Crippen LogP contribution is 2.40. The number of aromatic nitrogens is 5. The van der Waals surface area contributed by atoms with Crippen LogP contribution in [0.5, 0.6) is 5.75 Å². The molecule has 2 aliphatic carbocycles. The number of nitrogens with zero attached hydrogens (tertiary/aromatic N) is 5. The molecule has 2 bridgehead atoms. The molecule has 1 saturated heterocycles. The summed E-state index contributed by atoms with van der Waals surface area (Å²) in [6, 6.07) is 13.4. The number of likely N-dealkylation sites (tertiary alicyclic amines) is 1. The van der Waals surface area contributed by atoms with Crippen LogP contribution in [-0.4, -0.2) is 60.6 Å². The summed E-state index contributed by atoms with van der Waals surface area (Å²) in [5, 5.41) is 1.02. The molecule has 42 heavy (non-hydrogen) atoms. The predicted molar refractivity (Wildman–Crippen MR) is 160 cm³/mol. The van der Waals surface area contributed by atoms with Crippen LogP contribution in [0.25, 0.3) is 44.8 Å². The Bertz CT molecular complexity index is 1930. The number of aromatic amines is 1. The van der Waals surface area contributed by atoms with Gasteiger partial charge in [-0.3, -0.25) is 9.59 Å². The molecular formula is C32H33N7O3. The molecule has 10 nitrogen and oxygen atoms in total. The van der Waals surface area contributed by atoms with Gasteiger partial charge in [0.25, 0.3) is 5.91 Å². The number of rotatable bonds is 6. The fourth-order valence-corrected chi connectivity index (χ4v) is 7.05. The lowest BCUT2D eigenvalue weighted by Gasteiger charge is -2.27. The van der Waals surface area contributed by atoms with Crippen molar-refractivity contribution in [3.8, 4) is 28.5 Å². The van der Waals surface area contributed by atoms with Gasteiger partial charge in [-0.15, -0.1) is 0 Å². The van der Waals surface area contributed by atoms with Gasteiger partial charge in [0, 0.05) is 61.0 Å². The number of ether oxygens (including phenoxy) is 1. The Morgan fingerprint density at radius 1 is 1.10 bits per heavy atom. The number of H-pyrrole nitrogens is 1. The minimum Gasteiger partial charge on any atom is -0.494 e. The van der Waals surface area contributed by atoms with Crippen LogP contribution in [0.2, 0.25) is 0 Å². The van der Waals surface area contributed by atoms with Gasteiger partial charge >= 0.3 is 0 Å². The SMILES string of the molecule is COc1cc(C(=O)N2C[C@H]3CC[C@@H]2[C@@H]3N)cc2nc(-c3cc4ccc(-c5ccc(=O)[nH]c5)nc4n3CC3CC3)n(C)c12. The standard InChI is InChI=1S/C32H33N7O3/c1-37-29-23(11-21(13-26(29)42-2)32(41)39-16-20-6-9-24(39)28(20)33)36-31(37)25-12-18-5-8-22(19-7-10-27(40)34-14-19)35-30(18)38(25)15-17-3-4-17/h5,7-8,10-14,17,20,24,28H,3-4,6,9,15-16,33H2,1-2H3,(H,34,40)/t20-,24-,28-/m1/s1. The highest BCUT2D eigenvalue weighted by atomic mass is 16.5. The number of hydrogen-bond donors (Lipinski definition) is 2. The smallest absolute Gasteiger partial charge is 0.254 e. The van der Waals surface area contributed by atoms with E-state index in [0.29, 0.717) is 35.2 Å². The van der Waals surface area contributed by atoms with E-state index >= 15 is 0 Å². The molecule has 8 rings (SSSR count). The van der Waals surface area contributed by atoms with Crippen LogP contribution in [0.15, 0.2) is 53.5 Å². The molecule has 1 aliphatic heterocycles. The van der Waals surface area contributed by atoms with E-state index in [2.05, 4.69) is 26.3 Å². The number of benzene rings is 1. The van der Waals surface area contributed by atoms with E-state index in [1.54, 1.807) is 19.4 Å². The van der Waals surface area contributed by atoms with E-state index in [0.717, 1.165) is 58.7 Å². The van der Waals surface area contributed by atoms with Gasteiger partial charge in [0.05, 0.1) is 24.0 Å². The van der Waals surface area contributed by atoms with Gasteiger partial charge in [0.1, 0.15) is 16.9 Å². The van der Waals surface area contributed by atoms with Crippen molar-refractivity contribution in [3.63, 3.8) is 0 Å². The van der Waals surface area contributed by atoms with Gasteiger partial charge in [-0.25, -0.2) is 9.97 Å². The fourth-order valence-electron chi connectivity index (χ4n) is 7.05. The van der Waals surface area contributed by atoms with Crippen LogP contribution >= 0.6 is 0 Å². The number of aryl methyl sites for hydroxylation is 1. The van der Waals surface area contributed by atoms with E-state index in [-0.39, 0.29) is 23.6 Å². The Morgan fingerprint density at radius 2 is 1.95 bits per heavy atom. The maximum Gasteiger partial charge on any atom is 0.254 e. The van der Waals surface area contributed by atoms with Crippen LogP contribution in [0.1, 0.15) is 36.0 Å². The first-order valence-corrected chi connectivity index (χ1v) is 14.7. The molecule has 3 N–H and O–H groups in total. The van der Waals surface area contributed by atoms with Gasteiger partial charge < -0.3 is 29.5 Å². The highest BCUT2D eigenvalue weighted by molar-refractivity contribution is 6.00. The third-order valence-corrected chi connectivity index (χ3v) is 9.51. The number of nitrogens with one attached hydrogen (secondary N) is 1. The second kappa shape index (κ2) is 9.29. The van der Waals surface area contributed by atoms with Crippen molar-refractivity contribution in [1.82, 2.24) is 29.0 Å². The van der Waals surface area contributed by atoms with Crippen molar-refractivity contribution in [2.75, 3.05) is 13.7 Å². The third-order valence-electron chi connectivity index (χ3n) is 9.51. The maximum absolute atomic E-state index is 13.7. The van der Waals surface area contributed by atoms with Gasteiger partial charge in [-0.2, -0.15) is 0 Å². The monoisotopic (exact) mass is 563 g/mol. The topological polar surface area (TPSA) is 124 Å². The molecule has 5 heterocycles. The zero-order valence-electron chi connectivity index (χ0n) is 23.7. The summed E-state index contributed by atoms with van der Waals surface area (Å²) in [7, 11) is 3.63. The summed E-state index contributed by atoms with van der Waals surface area (Å²) in [6.07, 6.45) is 6.15. The lowest BCUT2D eigenvalue weighted by atomic mass is 10.1. The molecule has 214 valence electrons. The average molecular weight is 564 g/mol. The Labute approximate surface area is 242 Å². The summed E-state index contributed by atoms with van der Waals surface area (Å²) in [6.45, 7) is 1.57. The van der Waals surface area contributed by atoms with Crippen molar-refractivity contribution in [1.29, 1.82) is 0 Å². The third kappa shape index (κ3) is 3.88. The zero-order chi connectivity index (χ0) is 28.7. The number of fused-ring (bicyclic) bond motifs is 4. The van der Waals surface area contributed by atoms with Crippen molar-refractivity contribution in [2.45, 2.75) is 44.3 Å². The lowest BCUT2D eigenvalue weighted by molar-refractivity contribution is 0.0700. The molecule has 0 spiro atoms. The predicted octanol–water partition coefficient (Wildman–Crippen LogP) is 3.93. The molecule has 3 atom stereocenters. The Morgan fingerprint density at radius 3 is 2.64 bits per heavy atom. The molecule has 1 aromatic carbocycles. The first kappa shape index (κ1) is 25.3. The minimum absolute atomic E-state index is 0.00751. The van der Waals surface area contributed by atoms with Crippen LogP contribution in [-0.2, 0) is 13.6 Å².